The zero-order valence-electron chi connectivity index (χ0n) is 19.2. The number of nitrogens with one attached hydrogen (secondary N) is 1. The number of carbonyl (C=O) groups excluding carboxylic acids is 1. The van der Waals surface area contributed by atoms with Gasteiger partial charge in [0.05, 0.1) is 11.9 Å². The predicted octanol–water partition coefficient (Wildman–Crippen LogP) is 3.64. The zero-order chi connectivity index (χ0) is 23.7. The van der Waals surface area contributed by atoms with Gasteiger partial charge in [0.2, 0.25) is 5.95 Å². The fourth-order valence-corrected chi connectivity index (χ4v) is 4.04. The van der Waals surface area contributed by atoms with Crippen LogP contribution in [-0.2, 0) is 0 Å². The van der Waals surface area contributed by atoms with Crippen molar-refractivity contribution in [3.8, 4) is 11.3 Å². The number of nitrogen functional groups attached to an aromatic ring is 1. The Kier molecular flexibility index (Phi) is 5.67. The first kappa shape index (κ1) is 21.6. The third kappa shape index (κ3) is 4.45. The van der Waals surface area contributed by atoms with E-state index in [9.17, 15) is 4.79 Å². The molecule has 1 aliphatic rings. The monoisotopic (exact) mass is 454 g/mol. The minimum absolute atomic E-state index is 0.112. The molecule has 0 saturated carbocycles. The van der Waals surface area contributed by atoms with E-state index in [0.717, 1.165) is 22.5 Å². The van der Waals surface area contributed by atoms with Gasteiger partial charge in [0, 0.05) is 37.4 Å². The predicted molar refractivity (Wildman–Crippen MR) is 134 cm³/mol. The van der Waals surface area contributed by atoms with Crippen LogP contribution >= 0.6 is 0 Å². The Morgan fingerprint density at radius 3 is 2.44 bits per heavy atom. The van der Waals surface area contributed by atoms with E-state index in [1.54, 1.807) is 11.1 Å². The molecular weight excluding hydrogens is 428 g/mol. The van der Waals surface area contributed by atoms with E-state index in [-0.39, 0.29) is 12.0 Å². The highest BCUT2D eigenvalue weighted by molar-refractivity contribution is 5.90. The fourth-order valence-electron chi connectivity index (χ4n) is 4.04. The third-order valence-corrected chi connectivity index (χ3v) is 5.89. The molecule has 0 aliphatic carbocycles. The van der Waals surface area contributed by atoms with E-state index in [2.05, 4.69) is 25.2 Å². The van der Waals surface area contributed by atoms with Crippen LogP contribution in [0.25, 0.3) is 22.4 Å². The Labute approximate surface area is 197 Å². The van der Waals surface area contributed by atoms with Gasteiger partial charge < -0.3 is 20.9 Å². The van der Waals surface area contributed by atoms with Crippen molar-refractivity contribution < 1.29 is 4.79 Å². The maximum Gasteiger partial charge on any atom is 0.321 e. The first-order valence-electron chi connectivity index (χ1n) is 11.2. The third-order valence-electron chi connectivity index (χ3n) is 5.89. The van der Waals surface area contributed by atoms with Crippen LogP contribution in [0.1, 0.15) is 11.1 Å². The van der Waals surface area contributed by atoms with Gasteiger partial charge in [-0.05, 0) is 31.5 Å². The van der Waals surface area contributed by atoms with Crippen LogP contribution in [0.2, 0.25) is 0 Å². The second-order valence-electron chi connectivity index (χ2n) is 8.47. The number of carbonyl (C=O) groups is 1. The Bertz CT molecular complexity index is 1350. The SMILES string of the molecule is Cc1ccc(-c2cnc3nc(N)nc(N4CCN(C(=O)Nc5cccc(C)c5)CC4)c3n2)cc1. The molecule has 0 spiro atoms. The molecule has 0 atom stereocenters. The van der Waals surface area contributed by atoms with Crippen molar-refractivity contribution in [3.05, 3.63) is 65.9 Å². The number of hydrogen-bond acceptors (Lipinski definition) is 7. The van der Waals surface area contributed by atoms with Crippen molar-refractivity contribution in [2.75, 3.05) is 42.1 Å². The lowest BCUT2D eigenvalue weighted by Gasteiger charge is -2.35. The minimum atomic E-state index is -0.112. The standard InChI is InChI=1S/C25H26N8O/c1-16-6-8-18(9-7-16)20-15-27-22-21(29-20)23(31-24(26)30-22)32-10-12-33(13-11-32)25(34)28-19-5-3-4-17(2)14-19/h3-9,14-15H,10-13H2,1-2H3,(H,28,34)(H2,26,27,30,31). The maximum atomic E-state index is 12.7. The molecule has 0 unspecified atom stereocenters. The summed E-state index contributed by atoms with van der Waals surface area (Å²) in [5.74, 6) is 0.794. The Balaban J connectivity index is 1.36. The highest BCUT2D eigenvalue weighted by atomic mass is 16.2. The molecular formula is C25H26N8O. The first-order chi connectivity index (χ1) is 16.5. The van der Waals surface area contributed by atoms with Crippen molar-refractivity contribution >= 4 is 34.6 Å². The molecule has 172 valence electrons. The Morgan fingerprint density at radius 1 is 0.941 bits per heavy atom. The first-order valence-corrected chi connectivity index (χ1v) is 11.2. The lowest BCUT2D eigenvalue weighted by atomic mass is 10.1. The molecule has 2 aromatic carbocycles. The number of nitrogens with two attached hydrogens (primary N) is 1. The van der Waals surface area contributed by atoms with E-state index in [1.165, 1.54) is 5.56 Å². The lowest BCUT2D eigenvalue weighted by molar-refractivity contribution is 0.208. The largest absolute Gasteiger partial charge is 0.368 e. The highest BCUT2D eigenvalue weighted by Gasteiger charge is 2.25. The second-order valence-corrected chi connectivity index (χ2v) is 8.47. The molecule has 1 fully saturated rings. The molecule has 3 heterocycles. The van der Waals surface area contributed by atoms with E-state index in [4.69, 9.17) is 10.7 Å². The van der Waals surface area contributed by atoms with Crippen LogP contribution in [0, 0.1) is 13.8 Å². The molecule has 2 aromatic heterocycles. The van der Waals surface area contributed by atoms with Gasteiger partial charge in [-0.1, -0.05) is 42.0 Å². The number of aryl methyl sites for hydroxylation is 2. The molecule has 1 aliphatic heterocycles. The molecule has 1 saturated heterocycles. The lowest BCUT2D eigenvalue weighted by Crippen LogP contribution is -2.50. The fraction of sp³-hybridized carbons (Fsp3) is 0.240. The summed E-state index contributed by atoms with van der Waals surface area (Å²) >= 11 is 0. The van der Waals surface area contributed by atoms with Crippen molar-refractivity contribution in [2.24, 2.45) is 0 Å². The van der Waals surface area contributed by atoms with Gasteiger partial charge in [0.25, 0.3) is 0 Å². The second kappa shape index (κ2) is 8.93. The molecule has 5 rings (SSSR count). The van der Waals surface area contributed by atoms with Gasteiger partial charge in [0.1, 0.15) is 0 Å². The van der Waals surface area contributed by atoms with Gasteiger partial charge in [-0.2, -0.15) is 9.97 Å². The molecule has 9 heteroatoms. The summed E-state index contributed by atoms with van der Waals surface area (Å²) in [6.07, 6.45) is 1.71. The minimum Gasteiger partial charge on any atom is -0.368 e. The van der Waals surface area contributed by atoms with Gasteiger partial charge in [-0.3, -0.25) is 0 Å². The van der Waals surface area contributed by atoms with E-state index < -0.39 is 0 Å². The Hall–Kier alpha value is -4.27. The summed E-state index contributed by atoms with van der Waals surface area (Å²) in [7, 11) is 0. The summed E-state index contributed by atoms with van der Waals surface area (Å²) < 4.78 is 0. The topological polar surface area (TPSA) is 113 Å². The molecule has 0 bridgehead atoms. The van der Waals surface area contributed by atoms with Crippen LogP contribution in [0.5, 0.6) is 0 Å². The van der Waals surface area contributed by atoms with E-state index >= 15 is 0 Å². The van der Waals surface area contributed by atoms with E-state index in [1.807, 2.05) is 62.4 Å². The van der Waals surface area contributed by atoms with Crippen LogP contribution in [0.3, 0.4) is 0 Å². The zero-order valence-corrected chi connectivity index (χ0v) is 19.2. The van der Waals surface area contributed by atoms with Crippen LogP contribution in [0.15, 0.2) is 54.7 Å². The number of piperazine rings is 1. The maximum absolute atomic E-state index is 12.7. The number of nitrogens with zero attached hydrogens (tertiary/aromatic N) is 6. The normalized spacial score (nSPS) is 13.8. The Morgan fingerprint density at radius 2 is 1.71 bits per heavy atom. The summed E-state index contributed by atoms with van der Waals surface area (Å²) in [6, 6.07) is 15.8. The molecule has 0 radical (unpaired) electrons. The number of aromatic nitrogens is 4. The molecule has 4 aromatic rings. The van der Waals surface area contributed by atoms with Gasteiger partial charge in [0.15, 0.2) is 17.0 Å². The summed E-state index contributed by atoms with van der Waals surface area (Å²) in [4.78, 5) is 34.7. The summed E-state index contributed by atoms with van der Waals surface area (Å²) in [6.45, 7) is 6.35. The molecule has 2 amide bonds. The number of rotatable bonds is 3. The number of urea groups is 1. The highest BCUT2D eigenvalue weighted by Crippen LogP contribution is 2.26. The van der Waals surface area contributed by atoms with Crippen LogP contribution in [0.4, 0.5) is 22.2 Å². The number of hydrogen-bond donors (Lipinski definition) is 2. The van der Waals surface area contributed by atoms with Crippen molar-refractivity contribution in [1.82, 2.24) is 24.8 Å². The van der Waals surface area contributed by atoms with Crippen molar-refractivity contribution in [1.29, 1.82) is 0 Å². The molecule has 9 nitrogen and oxygen atoms in total. The number of amides is 2. The number of benzene rings is 2. The van der Waals surface area contributed by atoms with Gasteiger partial charge in [-0.15, -0.1) is 0 Å². The molecule has 3 N–H and O–H groups in total. The number of fused-ring (bicyclic) bond motifs is 1. The van der Waals surface area contributed by atoms with Crippen molar-refractivity contribution in [2.45, 2.75) is 13.8 Å². The van der Waals surface area contributed by atoms with Gasteiger partial charge >= 0.3 is 6.03 Å². The van der Waals surface area contributed by atoms with Crippen molar-refractivity contribution in [3.63, 3.8) is 0 Å². The van der Waals surface area contributed by atoms with E-state index in [0.29, 0.717) is 43.2 Å². The smallest absolute Gasteiger partial charge is 0.321 e. The molecule has 34 heavy (non-hydrogen) atoms. The van der Waals surface area contributed by atoms with Gasteiger partial charge in [-0.25, -0.2) is 14.8 Å². The number of anilines is 3. The summed E-state index contributed by atoms with van der Waals surface area (Å²) in [5, 5.41) is 2.98. The van der Waals surface area contributed by atoms with Crippen LogP contribution < -0.4 is 16.0 Å². The average molecular weight is 455 g/mol. The van der Waals surface area contributed by atoms with Crippen LogP contribution in [-0.4, -0.2) is 57.0 Å². The average Bonchev–Trinajstić information content (AvgIpc) is 2.84. The quantitative estimate of drug-likeness (QED) is 0.486. The summed E-state index contributed by atoms with van der Waals surface area (Å²) in [5.41, 5.74) is 11.8.